The standard InChI is InChI=1S/C21H27N5O4/c22-21(26-9-11-29-12-10-26)17-3-1-16(2-4-17)19-13-18(30-23-19)14-24-5-7-25(8-6-24)15-20(27)28/h1-4,13,22H,5-12,14-15H2,(H,27,28). The average molecular weight is 413 g/mol. The molecule has 0 spiro atoms. The van der Waals surface area contributed by atoms with Crippen LogP contribution in [0.25, 0.3) is 11.3 Å². The number of aliphatic carboxylic acids is 1. The van der Waals surface area contributed by atoms with Gasteiger partial charge in [-0.3, -0.25) is 20.0 Å². The fourth-order valence-electron chi connectivity index (χ4n) is 3.81. The van der Waals surface area contributed by atoms with Crippen molar-refractivity contribution in [1.82, 2.24) is 19.9 Å². The Morgan fingerprint density at radius 1 is 1.03 bits per heavy atom. The summed E-state index contributed by atoms with van der Waals surface area (Å²) in [7, 11) is 0. The summed E-state index contributed by atoms with van der Waals surface area (Å²) in [5.74, 6) is 0.531. The molecule has 4 rings (SSSR count). The molecule has 30 heavy (non-hydrogen) atoms. The van der Waals surface area contributed by atoms with Gasteiger partial charge in [0.2, 0.25) is 0 Å². The van der Waals surface area contributed by atoms with Gasteiger partial charge in [-0.25, -0.2) is 0 Å². The first-order valence-corrected chi connectivity index (χ1v) is 10.2. The van der Waals surface area contributed by atoms with Gasteiger partial charge in [0, 0.05) is 56.5 Å². The molecule has 3 heterocycles. The van der Waals surface area contributed by atoms with Gasteiger partial charge >= 0.3 is 5.97 Å². The van der Waals surface area contributed by atoms with Crippen LogP contribution in [0, 0.1) is 5.41 Å². The predicted molar refractivity (Wildman–Crippen MR) is 111 cm³/mol. The fraction of sp³-hybridized carbons (Fsp3) is 0.476. The van der Waals surface area contributed by atoms with Gasteiger partial charge in [-0.15, -0.1) is 0 Å². The van der Waals surface area contributed by atoms with Crippen LogP contribution < -0.4 is 0 Å². The van der Waals surface area contributed by atoms with Crippen molar-refractivity contribution in [2.24, 2.45) is 0 Å². The number of carboxylic acids is 1. The highest BCUT2D eigenvalue weighted by Gasteiger charge is 2.20. The zero-order valence-corrected chi connectivity index (χ0v) is 16.9. The molecule has 2 N–H and O–H groups in total. The minimum atomic E-state index is -0.783. The lowest BCUT2D eigenvalue weighted by Crippen LogP contribution is -2.47. The van der Waals surface area contributed by atoms with Crippen LogP contribution in [-0.4, -0.2) is 95.8 Å². The van der Waals surface area contributed by atoms with E-state index in [2.05, 4.69) is 10.1 Å². The topological polar surface area (TPSA) is 106 Å². The summed E-state index contributed by atoms with van der Waals surface area (Å²) >= 11 is 0. The third kappa shape index (κ3) is 5.05. The van der Waals surface area contributed by atoms with E-state index in [0.29, 0.717) is 25.6 Å². The number of hydrogen-bond acceptors (Lipinski definition) is 7. The minimum absolute atomic E-state index is 0.0965. The Balaban J connectivity index is 1.32. The molecular weight excluding hydrogens is 386 g/mol. The number of amidine groups is 1. The SMILES string of the molecule is N=C(c1ccc(-c2cc(CN3CCN(CC(=O)O)CC3)on2)cc1)N1CCOCC1. The Bertz CT molecular complexity index is 868. The fourth-order valence-corrected chi connectivity index (χ4v) is 3.81. The first-order valence-electron chi connectivity index (χ1n) is 10.2. The second-order valence-electron chi connectivity index (χ2n) is 7.65. The third-order valence-corrected chi connectivity index (χ3v) is 5.54. The molecule has 0 bridgehead atoms. The number of carboxylic acid groups (broad SMARTS) is 1. The Kier molecular flexibility index (Phi) is 6.41. The van der Waals surface area contributed by atoms with E-state index in [-0.39, 0.29) is 6.54 Å². The third-order valence-electron chi connectivity index (χ3n) is 5.54. The quantitative estimate of drug-likeness (QED) is 0.538. The number of ether oxygens (including phenoxy) is 1. The molecule has 1 aromatic carbocycles. The molecule has 0 aliphatic carbocycles. The average Bonchev–Trinajstić information content (AvgIpc) is 3.23. The molecule has 0 saturated carbocycles. The number of carbonyl (C=O) groups is 1. The normalized spacial score (nSPS) is 18.5. The second-order valence-corrected chi connectivity index (χ2v) is 7.65. The summed E-state index contributed by atoms with van der Waals surface area (Å²) in [6, 6.07) is 9.78. The Morgan fingerprint density at radius 2 is 1.70 bits per heavy atom. The summed E-state index contributed by atoms with van der Waals surface area (Å²) in [4.78, 5) is 17.0. The molecule has 2 saturated heterocycles. The molecule has 2 aromatic rings. The van der Waals surface area contributed by atoms with Gasteiger partial charge in [-0.1, -0.05) is 29.4 Å². The highest BCUT2D eigenvalue weighted by atomic mass is 16.5. The van der Waals surface area contributed by atoms with Gasteiger partial charge in [0.05, 0.1) is 26.3 Å². The van der Waals surface area contributed by atoms with Crippen molar-refractivity contribution < 1.29 is 19.2 Å². The van der Waals surface area contributed by atoms with Crippen molar-refractivity contribution in [3.63, 3.8) is 0 Å². The van der Waals surface area contributed by atoms with E-state index in [1.807, 2.05) is 40.1 Å². The highest BCUT2D eigenvalue weighted by Crippen LogP contribution is 2.21. The summed E-state index contributed by atoms with van der Waals surface area (Å²) in [5, 5.41) is 21.5. The Morgan fingerprint density at radius 3 is 2.37 bits per heavy atom. The Labute approximate surface area is 175 Å². The summed E-state index contributed by atoms with van der Waals surface area (Å²) in [6.07, 6.45) is 0. The summed E-state index contributed by atoms with van der Waals surface area (Å²) in [6.45, 7) is 6.67. The van der Waals surface area contributed by atoms with E-state index in [1.165, 1.54) is 0 Å². The molecule has 2 fully saturated rings. The van der Waals surface area contributed by atoms with Gasteiger partial charge in [0.1, 0.15) is 11.5 Å². The molecule has 0 atom stereocenters. The van der Waals surface area contributed by atoms with E-state index in [9.17, 15) is 4.79 Å². The molecule has 0 unspecified atom stereocenters. The lowest BCUT2D eigenvalue weighted by atomic mass is 10.1. The summed E-state index contributed by atoms with van der Waals surface area (Å²) < 4.78 is 10.9. The van der Waals surface area contributed by atoms with Crippen LogP contribution in [0.3, 0.4) is 0 Å². The molecule has 1 aromatic heterocycles. The van der Waals surface area contributed by atoms with Gasteiger partial charge in [0.25, 0.3) is 0 Å². The van der Waals surface area contributed by atoms with Crippen LogP contribution in [-0.2, 0) is 16.1 Å². The first-order chi connectivity index (χ1) is 14.6. The Hall–Kier alpha value is -2.75. The summed E-state index contributed by atoms with van der Waals surface area (Å²) in [5.41, 5.74) is 2.61. The van der Waals surface area contributed by atoms with Gasteiger partial charge in [-0.2, -0.15) is 0 Å². The van der Waals surface area contributed by atoms with Crippen molar-refractivity contribution in [2.75, 3.05) is 59.0 Å². The first kappa shape index (κ1) is 20.5. The molecule has 2 aliphatic heterocycles. The molecule has 9 heteroatoms. The van der Waals surface area contributed by atoms with E-state index >= 15 is 0 Å². The lowest BCUT2D eigenvalue weighted by Gasteiger charge is -2.33. The van der Waals surface area contributed by atoms with Crippen LogP contribution in [0.2, 0.25) is 0 Å². The number of rotatable bonds is 6. The zero-order valence-electron chi connectivity index (χ0n) is 16.9. The maximum Gasteiger partial charge on any atom is 0.317 e. The molecular formula is C21H27N5O4. The maximum absolute atomic E-state index is 10.8. The molecule has 160 valence electrons. The highest BCUT2D eigenvalue weighted by molar-refractivity contribution is 5.96. The van der Waals surface area contributed by atoms with Crippen molar-refractivity contribution in [3.05, 3.63) is 41.7 Å². The van der Waals surface area contributed by atoms with Gasteiger partial charge < -0.3 is 19.3 Å². The van der Waals surface area contributed by atoms with Crippen molar-refractivity contribution in [2.45, 2.75) is 6.54 Å². The number of piperazine rings is 1. The number of morpholine rings is 1. The van der Waals surface area contributed by atoms with E-state index in [1.54, 1.807) is 0 Å². The van der Waals surface area contributed by atoms with Crippen LogP contribution in [0.5, 0.6) is 0 Å². The zero-order chi connectivity index (χ0) is 20.9. The lowest BCUT2D eigenvalue weighted by molar-refractivity contribution is -0.138. The van der Waals surface area contributed by atoms with Crippen LogP contribution >= 0.6 is 0 Å². The number of hydrogen-bond donors (Lipinski definition) is 2. The van der Waals surface area contributed by atoms with E-state index in [0.717, 1.165) is 61.8 Å². The van der Waals surface area contributed by atoms with Crippen LogP contribution in [0.4, 0.5) is 0 Å². The van der Waals surface area contributed by atoms with Crippen molar-refractivity contribution in [3.8, 4) is 11.3 Å². The monoisotopic (exact) mass is 413 g/mol. The molecule has 2 aliphatic rings. The van der Waals surface area contributed by atoms with Gasteiger partial charge in [-0.05, 0) is 0 Å². The predicted octanol–water partition coefficient (Wildman–Crippen LogP) is 1.20. The number of nitrogens with zero attached hydrogens (tertiary/aromatic N) is 4. The van der Waals surface area contributed by atoms with Crippen molar-refractivity contribution >= 4 is 11.8 Å². The van der Waals surface area contributed by atoms with Gasteiger partial charge in [0.15, 0.2) is 5.76 Å². The van der Waals surface area contributed by atoms with Crippen LogP contribution in [0.1, 0.15) is 11.3 Å². The number of nitrogens with one attached hydrogen (secondary N) is 1. The minimum Gasteiger partial charge on any atom is -0.480 e. The number of benzene rings is 1. The maximum atomic E-state index is 10.8. The molecule has 0 radical (unpaired) electrons. The van der Waals surface area contributed by atoms with Crippen molar-refractivity contribution in [1.29, 1.82) is 5.41 Å². The number of aromatic nitrogens is 1. The molecule has 0 amide bonds. The largest absolute Gasteiger partial charge is 0.480 e. The van der Waals surface area contributed by atoms with E-state index < -0.39 is 5.97 Å². The molecule has 9 nitrogen and oxygen atoms in total. The second kappa shape index (κ2) is 9.38. The van der Waals surface area contributed by atoms with E-state index in [4.69, 9.17) is 19.8 Å². The van der Waals surface area contributed by atoms with Crippen LogP contribution in [0.15, 0.2) is 34.9 Å². The smallest absolute Gasteiger partial charge is 0.317 e.